The summed E-state index contributed by atoms with van der Waals surface area (Å²) in [6, 6.07) is 7.51. The Morgan fingerprint density at radius 1 is 0.968 bits per heavy atom. The zero-order valence-corrected chi connectivity index (χ0v) is 20.5. The second-order valence-electron chi connectivity index (χ2n) is 6.64. The van der Waals surface area contributed by atoms with Crippen LogP contribution in [-0.2, 0) is 19.3 Å². The monoisotopic (exact) mass is 464 g/mol. The minimum Gasteiger partial charge on any atom is -0.349 e. The van der Waals surface area contributed by atoms with Gasteiger partial charge in [0.1, 0.15) is 12.4 Å². The molecular weight excluding hydrogens is 434 g/mol. The van der Waals surface area contributed by atoms with E-state index in [1.54, 1.807) is 26.3 Å². The Balaban J connectivity index is 2.62. The number of carbonyl (C=O) groups is 2. The van der Waals surface area contributed by atoms with Crippen LogP contribution >= 0.6 is 18.5 Å². The summed E-state index contributed by atoms with van der Waals surface area (Å²) in [5.74, 6) is 0. The Morgan fingerprint density at radius 3 is 2.16 bits per heavy atom. The SMILES string of the molecule is CCCCCC(O/N=C(/C)C(=O)P)O/N=C/c1ccc(/C=N\C/N=C(\C)C(=O)P)cc1. The highest BCUT2D eigenvalue weighted by Crippen LogP contribution is 2.10. The Morgan fingerprint density at radius 2 is 1.58 bits per heavy atom. The molecular formula is C21H30N4O4P2. The number of nitrogens with zero attached hydrogens (tertiary/aromatic N) is 4. The van der Waals surface area contributed by atoms with Gasteiger partial charge in [-0.15, -0.1) is 0 Å². The van der Waals surface area contributed by atoms with Crippen LogP contribution in [0.1, 0.15) is 57.6 Å². The molecule has 0 saturated carbocycles. The lowest BCUT2D eigenvalue weighted by atomic mass is 10.2. The molecule has 10 heteroatoms. The molecule has 0 bridgehead atoms. The standard InChI is InChI=1S/C21H30N4O4P2/c1-4-5-6-7-19(29-25-16(3)21(27)31)28-24-13-18-10-8-17(9-11-18)12-22-14-23-15(2)20(26)30/h8-13,19H,4-7,14,30-31H2,1-3H3/b22-12-,23-15+,24-13+,25-16-. The van der Waals surface area contributed by atoms with Crippen molar-refractivity contribution in [1.29, 1.82) is 0 Å². The van der Waals surface area contributed by atoms with Crippen molar-refractivity contribution in [3.8, 4) is 0 Å². The van der Waals surface area contributed by atoms with Crippen LogP contribution in [0.4, 0.5) is 0 Å². The number of carbonyl (C=O) groups excluding carboxylic acids is 2. The quantitative estimate of drug-likeness (QED) is 0.137. The lowest BCUT2D eigenvalue weighted by molar-refractivity contribution is -0.146. The average molecular weight is 464 g/mol. The predicted molar refractivity (Wildman–Crippen MR) is 132 cm³/mol. The summed E-state index contributed by atoms with van der Waals surface area (Å²) >= 11 is 0. The molecule has 168 valence electrons. The number of unbranched alkanes of at least 4 members (excludes halogenated alkanes) is 2. The van der Waals surface area contributed by atoms with Gasteiger partial charge in [-0.2, -0.15) is 0 Å². The molecule has 1 rings (SSSR count). The zero-order chi connectivity index (χ0) is 23.1. The summed E-state index contributed by atoms with van der Waals surface area (Å²) < 4.78 is 0. The van der Waals surface area contributed by atoms with Crippen molar-refractivity contribution in [2.24, 2.45) is 20.3 Å². The topological polar surface area (TPSA) is 102 Å². The Hall–Kier alpha value is -2.30. The molecule has 0 saturated heterocycles. The third kappa shape index (κ3) is 12.2. The van der Waals surface area contributed by atoms with Gasteiger partial charge >= 0.3 is 0 Å². The van der Waals surface area contributed by atoms with Crippen molar-refractivity contribution in [2.75, 3.05) is 6.67 Å². The van der Waals surface area contributed by atoms with Gasteiger partial charge in [0.05, 0.1) is 11.9 Å². The van der Waals surface area contributed by atoms with Gasteiger partial charge in [0.2, 0.25) is 0 Å². The highest BCUT2D eigenvalue weighted by molar-refractivity contribution is 7.45. The van der Waals surface area contributed by atoms with Crippen LogP contribution in [0, 0.1) is 0 Å². The van der Waals surface area contributed by atoms with Crippen molar-refractivity contribution in [2.45, 2.75) is 52.7 Å². The molecule has 0 radical (unpaired) electrons. The second kappa shape index (κ2) is 15.5. The van der Waals surface area contributed by atoms with E-state index in [1.807, 2.05) is 24.3 Å². The summed E-state index contributed by atoms with van der Waals surface area (Å²) in [7, 11) is 4.13. The number of oxime groups is 2. The molecule has 0 aliphatic carbocycles. The summed E-state index contributed by atoms with van der Waals surface area (Å²) in [6.45, 7) is 5.53. The average Bonchev–Trinajstić information content (AvgIpc) is 2.75. The van der Waals surface area contributed by atoms with Crippen molar-refractivity contribution in [3.05, 3.63) is 35.4 Å². The van der Waals surface area contributed by atoms with Gasteiger partial charge in [-0.05, 0) is 31.4 Å². The van der Waals surface area contributed by atoms with Crippen LogP contribution in [0.25, 0.3) is 0 Å². The van der Waals surface area contributed by atoms with E-state index < -0.39 is 6.29 Å². The lowest BCUT2D eigenvalue weighted by Gasteiger charge is -2.12. The maximum absolute atomic E-state index is 11.2. The first-order valence-corrected chi connectivity index (χ1v) is 11.1. The first-order valence-electron chi connectivity index (χ1n) is 9.93. The molecule has 0 aliphatic rings. The molecule has 0 fully saturated rings. The van der Waals surface area contributed by atoms with Crippen molar-refractivity contribution in [1.82, 2.24) is 0 Å². The summed E-state index contributed by atoms with van der Waals surface area (Å²) in [5, 5.41) is 7.79. The van der Waals surface area contributed by atoms with Crippen LogP contribution in [0.15, 0.2) is 44.6 Å². The van der Waals surface area contributed by atoms with E-state index in [-0.39, 0.29) is 23.4 Å². The fraction of sp³-hybridized carbons (Fsp3) is 0.429. The molecule has 0 spiro atoms. The van der Waals surface area contributed by atoms with Crippen molar-refractivity contribution >= 4 is 53.4 Å². The molecule has 1 aromatic carbocycles. The maximum Gasteiger partial charge on any atom is 0.289 e. The van der Waals surface area contributed by atoms with E-state index in [0.29, 0.717) is 12.1 Å². The van der Waals surface area contributed by atoms with E-state index in [1.165, 1.54) is 0 Å². The predicted octanol–water partition coefficient (Wildman–Crippen LogP) is 3.98. The smallest absolute Gasteiger partial charge is 0.289 e. The van der Waals surface area contributed by atoms with Crippen LogP contribution in [0.2, 0.25) is 0 Å². The van der Waals surface area contributed by atoms with E-state index >= 15 is 0 Å². The maximum atomic E-state index is 11.2. The Labute approximate surface area is 188 Å². The van der Waals surface area contributed by atoms with E-state index in [4.69, 9.17) is 9.68 Å². The van der Waals surface area contributed by atoms with Crippen molar-refractivity contribution < 1.29 is 19.3 Å². The highest BCUT2D eigenvalue weighted by Gasteiger charge is 2.11. The first kappa shape index (κ1) is 26.7. The van der Waals surface area contributed by atoms with Gasteiger partial charge in [0.25, 0.3) is 6.29 Å². The second-order valence-corrected chi connectivity index (χ2v) is 7.69. The fourth-order valence-corrected chi connectivity index (χ4v) is 2.21. The van der Waals surface area contributed by atoms with Crippen LogP contribution < -0.4 is 0 Å². The number of aliphatic imine (C=N–C) groups is 2. The van der Waals surface area contributed by atoms with Gasteiger partial charge in [-0.25, -0.2) is 0 Å². The lowest BCUT2D eigenvalue weighted by Crippen LogP contribution is -2.14. The largest absolute Gasteiger partial charge is 0.349 e. The van der Waals surface area contributed by atoms with Gasteiger partial charge < -0.3 is 9.68 Å². The molecule has 0 aromatic heterocycles. The molecule has 1 aromatic rings. The molecule has 0 heterocycles. The molecule has 0 aliphatic heterocycles. The van der Waals surface area contributed by atoms with Gasteiger partial charge in [0, 0.05) is 12.6 Å². The number of hydrogen-bond donors (Lipinski definition) is 0. The zero-order valence-electron chi connectivity index (χ0n) is 18.2. The molecule has 31 heavy (non-hydrogen) atoms. The third-order valence-corrected chi connectivity index (χ3v) is 4.85. The highest BCUT2D eigenvalue weighted by atomic mass is 31.0. The van der Waals surface area contributed by atoms with Gasteiger partial charge in [-0.3, -0.25) is 19.6 Å². The normalized spacial score (nSPS) is 13.6. The van der Waals surface area contributed by atoms with E-state index in [0.717, 1.165) is 30.4 Å². The summed E-state index contributed by atoms with van der Waals surface area (Å²) in [5.41, 5.74) is 2.03. The first-order chi connectivity index (χ1) is 14.8. The minimum absolute atomic E-state index is 0.140. The van der Waals surface area contributed by atoms with E-state index in [2.05, 4.69) is 45.7 Å². The Kier molecular flexibility index (Phi) is 13.4. The number of benzene rings is 1. The Bertz CT molecular complexity index is 836. The van der Waals surface area contributed by atoms with Gasteiger partial charge in [0.15, 0.2) is 11.0 Å². The molecule has 3 unspecified atom stereocenters. The summed E-state index contributed by atoms with van der Waals surface area (Å²) in [4.78, 5) is 41.3. The van der Waals surface area contributed by atoms with Crippen LogP contribution in [0.3, 0.4) is 0 Å². The van der Waals surface area contributed by atoms with Crippen molar-refractivity contribution in [3.63, 3.8) is 0 Å². The number of hydrogen-bond acceptors (Lipinski definition) is 8. The summed E-state index contributed by atoms with van der Waals surface area (Å²) in [6.07, 6.45) is 6.24. The fourth-order valence-electron chi connectivity index (χ4n) is 2.07. The molecule has 3 atom stereocenters. The number of rotatable bonds is 14. The molecule has 8 nitrogen and oxygen atoms in total. The van der Waals surface area contributed by atoms with Gasteiger partial charge in [-0.1, -0.05) is 72.8 Å². The minimum atomic E-state index is -0.661. The van der Waals surface area contributed by atoms with E-state index in [9.17, 15) is 9.59 Å². The van der Waals surface area contributed by atoms with Crippen LogP contribution in [-0.4, -0.2) is 47.9 Å². The molecule has 0 amide bonds. The molecule has 0 N–H and O–H groups in total. The van der Waals surface area contributed by atoms with Crippen LogP contribution in [0.5, 0.6) is 0 Å². The third-order valence-electron chi connectivity index (χ3n) is 4.01.